The van der Waals surface area contributed by atoms with Gasteiger partial charge in [0, 0.05) is 13.6 Å². The van der Waals surface area contributed by atoms with Gasteiger partial charge < -0.3 is 15.0 Å². The van der Waals surface area contributed by atoms with Crippen molar-refractivity contribution in [3.05, 3.63) is 95.1 Å². The summed E-state index contributed by atoms with van der Waals surface area (Å²) in [4.78, 5) is 26.9. The Hall–Kier alpha value is -3.60. The third-order valence-corrected chi connectivity index (χ3v) is 4.87. The van der Waals surface area contributed by atoms with Crippen LogP contribution < -0.4 is 15.0 Å². The molecule has 5 heteroatoms. The Bertz CT molecular complexity index is 1030. The molecule has 1 N–H and O–H groups in total. The van der Waals surface area contributed by atoms with Crippen LogP contribution in [0.15, 0.2) is 72.8 Å². The highest BCUT2D eigenvalue weighted by Gasteiger charge is 2.19. The molecule has 0 radical (unpaired) electrons. The smallest absolute Gasteiger partial charge is 0.264 e. The summed E-state index contributed by atoms with van der Waals surface area (Å²) in [7, 11) is 1.65. The van der Waals surface area contributed by atoms with Crippen LogP contribution in [0.25, 0.3) is 0 Å². The SMILES string of the molecule is Cc1ccc(C)c(OCC(=O)N(C)c2ccccc2C(=O)NCc2ccccc2)c1. The average molecular weight is 402 g/mol. The summed E-state index contributed by atoms with van der Waals surface area (Å²) in [5, 5.41) is 2.91. The van der Waals surface area contributed by atoms with Gasteiger partial charge in [-0.2, -0.15) is 0 Å². The zero-order valence-corrected chi connectivity index (χ0v) is 17.5. The minimum absolute atomic E-state index is 0.110. The highest BCUT2D eigenvalue weighted by molar-refractivity contribution is 6.04. The largest absolute Gasteiger partial charge is 0.483 e. The van der Waals surface area contributed by atoms with Gasteiger partial charge in [-0.05, 0) is 48.7 Å². The molecule has 0 fully saturated rings. The van der Waals surface area contributed by atoms with E-state index in [4.69, 9.17) is 4.74 Å². The first-order chi connectivity index (χ1) is 14.5. The van der Waals surface area contributed by atoms with E-state index in [1.54, 1.807) is 31.3 Å². The molecular formula is C25H26N2O3. The van der Waals surface area contributed by atoms with Gasteiger partial charge >= 0.3 is 0 Å². The Morgan fingerprint density at radius 2 is 1.63 bits per heavy atom. The fourth-order valence-electron chi connectivity index (χ4n) is 3.07. The van der Waals surface area contributed by atoms with Crippen molar-refractivity contribution in [3.8, 4) is 5.75 Å². The van der Waals surface area contributed by atoms with Crippen molar-refractivity contribution in [2.24, 2.45) is 0 Å². The molecule has 0 saturated heterocycles. The minimum Gasteiger partial charge on any atom is -0.483 e. The summed E-state index contributed by atoms with van der Waals surface area (Å²) < 4.78 is 5.74. The fraction of sp³-hybridized carbons (Fsp3) is 0.200. The summed E-state index contributed by atoms with van der Waals surface area (Å²) in [6, 6.07) is 22.6. The first-order valence-electron chi connectivity index (χ1n) is 9.83. The Balaban J connectivity index is 1.68. The maximum Gasteiger partial charge on any atom is 0.264 e. The molecule has 0 aliphatic rings. The van der Waals surface area contributed by atoms with E-state index in [9.17, 15) is 9.59 Å². The van der Waals surface area contributed by atoms with Crippen molar-refractivity contribution in [1.82, 2.24) is 5.32 Å². The number of aryl methyl sites for hydroxylation is 2. The number of anilines is 1. The number of likely N-dealkylation sites (N-methyl/N-ethyl adjacent to an activating group) is 1. The molecule has 3 aromatic carbocycles. The summed E-state index contributed by atoms with van der Waals surface area (Å²) in [5.74, 6) is 0.217. The topological polar surface area (TPSA) is 58.6 Å². The lowest BCUT2D eigenvalue weighted by atomic mass is 10.1. The molecule has 2 amide bonds. The predicted molar refractivity (Wildman–Crippen MR) is 119 cm³/mol. The van der Waals surface area contributed by atoms with Gasteiger partial charge in [-0.15, -0.1) is 0 Å². The highest BCUT2D eigenvalue weighted by Crippen LogP contribution is 2.22. The summed E-state index contributed by atoms with van der Waals surface area (Å²) in [6.07, 6.45) is 0. The highest BCUT2D eigenvalue weighted by atomic mass is 16.5. The molecule has 3 aromatic rings. The minimum atomic E-state index is -0.237. The molecule has 5 nitrogen and oxygen atoms in total. The van der Waals surface area contributed by atoms with Crippen LogP contribution in [0.2, 0.25) is 0 Å². The number of amides is 2. The molecule has 0 atom stereocenters. The van der Waals surface area contributed by atoms with E-state index in [0.29, 0.717) is 23.5 Å². The van der Waals surface area contributed by atoms with Gasteiger partial charge in [0.25, 0.3) is 11.8 Å². The Morgan fingerprint density at radius 1 is 0.933 bits per heavy atom. The van der Waals surface area contributed by atoms with E-state index in [1.807, 2.05) is 62.4 Å². The summed E-state index contributed by atoms with van der Waals surface area (Å²) in [5.41, 5.74) is 4.02. The number of carbonyl (C=O) groups is 2. The lowest BCUT2D eigenvalue weighted by molar-refractivity contribution is -0.120. The zero-order valence-electron chi connectivity index (χ0n) is 17.5. The van der Waals surface area contributed by atoms with Crippen molar-refractivity contribution in [2.75, 3.05) is 18.6 Å². The molecule has 0 aliphatic heterocycles. The summed E-state index contributed by atoms with van der Waals surface area (Å²) in [6.45, 7) is 4.22. The van der Waals surface area contributed by atoms with Gasteiger partial charge in [-0.3, -0.25) is 9.59 Å². The maximum atomic E-state index is 12.7. The van der Waals surface area contributed by atoms with Crippen LogP contribution in [0.4, 0.5) is 5.69 Å². The number of ether oxygens (including phenoxy) is 1. The van der Waals surface area contributed by atoms with Gasteiger partial charge in [-0.25, -0.2) is 0 Å². The molecule has 0 aromatic heterocycles. The molecule has 3 rings (SSSR count). The van der Waals surface area contributed by atoms with Gasteiger partial charge in [0.15, 0.2) is 6.61 Å². The molecule has 154 valence electrons. The predicted octanol–water partition coefficient (Wildman–Crippen LogP) is 4.28. The monoisotopic (exact) mass is 402 g/mol. The molecular weight excluding hydrogens is 376 g/mol. The van der Waals surface area contributed by atoms with Crippen LogP contribution in [-0.2, 0) is 11.3 Å². The second kappa shape index (κ2) is 9.74. The quantitative estimate of drug-likeness (QED) is 0.642. The Labute approximate surface area is 177 Å². The summed E-state index contributed by atoms with van der Waals surface area (Å²) >= 11 is 0. The van der Waals surface area contributed by atoms with E-state index in [1.165, 1.54) is 4.90 Å². The van der Waals surface area contributed by atoms with Crippen molar-refractivity contribution >= 4 is 17.5 Å². The lowest BCUT2D eigenvalue weighted by Gasteiger charge is -2.21. The number of nitrogens with one attached hydrogen (secondary N) is 1. The van der Waals surface area contributed by atoms with Gasteiger partial charge in [0.05, 0.1) is 11.3 Å². The van der Waals surface area contributed by atoms with Crippen LogP contribution in [0.5, 0.6) is 5.75 Å². The molecule has 0 aliphatic carbocycles. The van der Waals surface area contributed by atoms with Crippen molar-refractivity contribution in [2.45, 2.75) is 20.4 Å². The second-order valence-corrected chi connectivity index (χ2v) is 7.20. The van der Waals surface area contributed by atoms with Crippen LogP contribution in [0.3, 0.4) is 0 Å². The van der Waals surface area contributed by atoms with E-state index in [0.717, 1.165) is 16.7 Å². The Morgan fingerprint density at radius 3 is 2.40 bits per heavy atom. The fourth-order valence-corrected chi connectivity index (χ4v) is 3.07. The van der Waals surface area contributed by atoms with Gasteiger partial charge in [0.2, 0.25) is 0 Å². The van der Waals surface area contributed by atoms with E-state index in [2.05, 4.69) is 5.32 Å². The first kappa shape index (κ1) is 21.1. The zero-order chi connectivity index (χ0) is 21.5. The molecule has 30 heavy (non-hydrogen) atoms. The molecule has 0 saturated carbocycles. The van der Waals surface area contributed by atoms with Crippen LogP contribution in [-0.4, -0.2) is 25.5 Å². The number of hydrogen-bond acceptors (Lipinski definition) is 3. The van der Waals surface area contributed by atoms with E-state index >= 15 is 0 Å². The number of rotatable bonds is 7. The molecule has 0 unspecified atom stereocenters. The Kier molecular flexibility index (Phi) is 6.86. The van der Waals surface area contributed by atoms with Crippen LogP contribution in [0.1, 0.15) is 27.0 Å². The van der Waals surface area contributed by atoms with E-state index in [-0.39, 0.29) is 18.4 Å². The maximum absolute atomic E-state index is 12.7. The number of carbonyl (C=O) groups excluding carboxylic acids is 2. The first-order valence-corrected chi connectivity index (χ1v) is 9.83. The standard InChI is InChI=1S/C25H26N2O3/c1-18-13-14-19(2)23(15-18)30-17-24(28)27(3)22-12-8-7-11-21(22)25(29)26-16-20-9-5-4-6-10-20/h4-15H,16-17H2,1-3H3,(H,26,29). The van der Waals surface area contributed by atoms with Crippen molar-refractivity contribution < 1.29 is 14.3 Å². The van der Waals surface area contributed by atoms with E-state index < -0.39 is 0 Å². The second-order valence-electron chi connectivity index (χ2n) is 7.20. The molecule has 0 heterocycles. The lowest BCUT2D eigenvalue weighted by Crippen LogP contribution is -2.33. The normalized spacial score (nSPS) is 10.4. The van der Waals surface area contributed by atoms with Gasteiger partial charge in [-0.1, -0.05) is 54.6 Å². The molecule has 0 spiro atoms. The van der Waals surface area contributed by atoms with Crippen molar-refractivity contribution in [1.29, 1.82) is 0 Å². The number of benzene rings is 3. The molecule has 0 bridgehead atoms. The van der Waals surface area contributed by atoms with Gasteiger partial charge in [0.1, 0.15) is 5.75 Å². The van der Waals surface area contributed by atoms with Crippen LogP contribution in [0, 0.1) is 13.8 Å². The third-order valence-electron chi connectivity index (χ3n) is 4.87. The van der Waals surface area contributed by atoms with Crippen LogP contribution >= 0.6 is 0 Å². The number of nitrogens with zero attached hydrogens (tertiary/aromatic N) is 1. The average Bonchev–Trinajstić information content (AvgIpc) is 2.78. The third kappa shape index (κ3) is 5.26. The number of para-hydroxylation sites is 1. The number of hydrogen-bond donors (Lipinski definition) is 1. The van der Waals surface area contributed by atoms with Crippen molar-refractivity contribution in [3.63, 3.8) is 0 Å².